The number of hydrogen-bond donors (Lipinski definition) is 0. The fourth-order valence-corrected chi connectivity index (χ4v) is 3.64. The summed E-state index contributed by atoms with van der Waals surface area (Å²) in [4.78, 5) is 16.7. The number of amides is 1. The van der Waals surface area contributed by atoms with Gasteiger partial charge in [0.05, 0.1) is 17.8 Å². The van der Waals surface area contributed by atoms with Gasteiger partial charge in [-0.25, -0.2) is 0 Å². The lowest BCUT2D eigenvalue weighted by Crippen LogP contribution is -2.53. The second kappa shape index (κ2) is 6.37. The number of benzene rings is 1. The van der Waals surface area contributed by atoms with Crippen LogP contribution in [0.4, 0.5) is 0 Å². The Bertz CT molecular complexity index is 715. The maximum Gasteiger partial charge on any atom is 0.249 e. The highest BCUT2D eigenvalue weighted by Gasteiger charge is 2.43. The third-order valence-electron chi connectivity index (χ3n) is 4.96. The van der Waals surface area contributed by atoms with E-state index in [1.54, 1.807) is 0 Å². The standard InChI is InChI=1S/C18H22N4O2/c1-20-15(7-8-19-20)10-21-11-16-17(12-21)24-13-18(23)22(16)9-14-5-3-2-4-6-14/h2-8,16-17H,9-13H2,1H3/t16-,17-/m1/s1. The maximum absolute atomic E-state index is 12.4. The van der Waals surface area contributed by atoms with Gasteiger partial charge in [-0.2, -0.15) is 5.10 Å². The number of carbonyl (C=O) groups excluding carboxylic acids is 1. The Labute approximate surface area is 141 Å². The fraction of sp³-hybridized carbons (Fsp3) is 0.444. The average molecular weight is 326 g/mol. The summed E-state index contributed by atoms with van der Waals surface area (Å²) in [5.74, 6) is 0.0856. The van der Waals surface area contributed by atoms with Crippen LogP contribution in [0, 0.1) is 0 Å². The van der Waals surface area contributed by atoms with Crippen molar-refractivity contribution in [3.63, 3.8) is 0 Å². The third-order valence-corrected chi connectivity index (χ3v) is 4.96. The molecule has 24 heavy (non-hydrogen) atoms. The quantitative estimate of drug-likeness (QED) is 0.842. The molecule has 2 aliphatic rings. The maximum atomic E-state index is 12.4. The molecule has 0 radical (unpaired) electrons. The van der Waals surface area contributed by atoms with E-state index in [2.05, 4.69) is 22.1 Å². The van der Waals surface area contributed by atoms with E-state index in [9.17, 15) is 4.79 Å². The number of aromatic nitrogens is 2. The molecule has 2 saturated heterocycles. The van der Waals surface area contributed by atoms with Gasteiger partial charge in [0.15, 0.2) is 0 Å². The molecule has 2 aliphatic heterocycles. The highest BCUT2D eigenvalue weighted by molar-refractivity contribution is 5.78. The molecule has 0 spiro atoms. The van der Waals surface area contributed by atoms with E-state index in [0.717, 1.165) is 25.2 Å². The second-order valence-electron chi connectivity index (χ2n) is 6.56. The Kier molecular flexibility index (Phi) is 4.08. The summed E-state index contributed by atoms with van der Waals surface area (Å²) in [6.07, 6.45) is 1.92. The van der Waals surface area contributed by atoms with E-state index < -0.39 is 0 Å². The first-order valence-corrected chi connectivity index (χ1v) is 8.35. The van der Waals surface area contributed by atoms with Crippen molar-refractivity contribution in [2.45, 2.75) is 25.2 Å². The predicted molar refractivity (Wildman–Crippen MR) is 89.0 cm³/mol. The van der Waals surface area contributed by atoms with Gasteiger partial charge < -0.3 is 9.64 Å². The zero-order valence-corrected chi connectivity index (χ0v) is 13.8. The Morgan fingerprint density at radius 2 is 2.00 bits per heavy atom. The number of rotatable bonds is 4. The molecule has 126 valence electrons. The third kappa shape index (κ3) is 2.95. The minimum absolute atomic E-state index is 0.0856. The first kappa shape index (κ1) is 15.4. The van der Waals surface area contributed by atoms with Gasteiger partial charge in [0.2, 0.25) is 5.91 Å². The van der Waals surface area contributed by atoms with Crippen LogP contribution in [-0.2, 0) is 29.7 Å². The molecule has 2 atom stereocenters. The van der Waals surface area contributed by atoms with Crippen molar-refractivity contribution in [2.75, 3.05) is 19.7 Å². The average Bonchev–Trinajstić information content (AvgIpc) is 3.18. The van der Waals surface area contributed by atoms with Crippen molar-refractivity contribution in [2.24, 2.45) is 7.05 Å². The van der Waals surface area contributed by atoms with Crippen LogP contribution in [0.5, 0.6) is 0 Å². The van der Waals surface area contributed by atoms with Gasteiger partial charge >= 0.3 is 0 Å². The lowest BCUT2D eigenvalue weighted by atomic mass is 10.1. The van der Waals surface area contributed by atoms with Gasteiger partial charge in [-0.1, -0.05) is 30.3 Å². The number of fused-ring (bicyclic) bond motifs is 1. The van der Waals surface area contributed by atoms with Gasteiger partial charge in [-0.3, -0.25) is 14.4 Å². The first-order chi connectivity index (χ1) is 11.7. The summed E-state index contributed by atoms with van der Waals surface area (Å²) in [5.41, 5.74) is 2.34. The van der Waals surface area contributed by atoms with Gasteiger partial charge in [0.25, 0.3) is 0 Å². The summed E-state index contributed by atoms with van der Waals surface area (Å²) in [6, 6.07) is 12.3. The first-order valence-electron chi connectivity index (χ1n) is 8.35. The van der Waals surface area contributed by atoms with E-state index in [1.807, 2.05) is 47.1 Å². The zero-order chi connectivity index (χ0) is 16.5. The smallest absolute Gasteiger partial charge is 0.249 e. The lowest BCUT2D eigenvalue weighted by Gasteiger charge is -2.36. The zero-order valence-electron chi connectivity index (χ0n) is 13.8. The largest absolute Gasteiger partial charge is 0.365 e. The van der Waals surface area contributed by atoms with Gasteiger partial charge in [0, 0.05) is 39.4 Å². The van der Waals surface area contributed by atoms with E-state index in [-0.39, 0.29) is 24.7 Å². The summed E-state index contributed by atoms with van der Waals surface area (Å²) in [6.45, 7) is 3.38. The van der Waals surface area contributed by atoms with Gasteiger partial charge in [0.1, 0.15) is 6.61 Å². The van der Waals surface area contributed by atoms with Crippen molar-refractivity contribution in [1.82, 2.24) is 19.6 Å². The Morgan fingerprint density at radius 1 is 1.17 bits per heavy atom. The van der Waals surface area contributed by atoms with E-state index >= 15 is 0 Å². The number of ether oxygens (including phenoxy) is 1. The molecule has 6 nitrogen and oxygen atoms in total. The van der Waals surface area contributed by atoms with Crippen molar-refractivity contribution in [3.8, 4) is 0 Å². The van der Waals surface area contributed by atoms with Crippen LogP contribution in [0.25, 0.3) is 0 Å². The minimum Gasteiger partial charge on any atom is -0.365 e. The molecule has 0 saturated carbocycles. The van der Waals surface area contributed by atoms with Gasteiger partial charge in [-0.05, 0) is 11.6 Å². The van der Waals surface area contributed by atoms with E-state index in [0.29, 0.717) is 6.54 Å². The van der Waals surface area contributed by atoms with Crippen molar-refractivity contribution >= 4 is 5.91 Å². The van der Waals surface area contributed by atoms with Crippen molar-refractivity contribution in [1.29, 1.82) is 0 Å². The Hall–Kier alpha value is -2.18. The molecule has 0 unspecified atom stereocenters. The molecule has 0 N–H and O–H groups in total. The lowest BCUT2D eigenvalue weighted by molar-refractivity contribution is -0.153. The molecule has 1 aromatic heterocycles. The van der Waals surface area contributed by atoms with Crippen LogP contribution in [-0.4, -0.2) is 57.3 Å². The molecule has 6 heteroatoms. The van der Waals surface area contributed by atoms with Gasteiger partial charge in [-0.15, -0.1) is 0 Å². The number of aryl methyl sites for hydroxylation is 1. The summed E-state index contributed by atoms with van der Waals surface area (Å²) in [7, 11) is 1.96. The van der Waals surface area contributed by atoms with Crippen LogP contribution >= 0.6 is 0 Å². The number of carbonyl (C=O) groups is 1. The van der Waals surface area contributed by atoms with Crippen molar-refractivity contribution < 1.29 is 9.53 Å². The van der Waals surface area contributed by atoms with Crippen LogP contribution in [0.2, 0.25) is 0 Å². The summed E-state index contributed by atoms with van der Waals surface area (Å²) in [5, 5.41) is 4.23. The minimum atomic E-state index is 0.0856. The van der Waals surface area contributed by atoms with Crippen LogP contribution in [0.3, 0.4) is 0 Å². The van der Waals surface area contributed by atoms with E-state index in [1.165, 1.54) is 5.69 Å². The molecule has 1 aromatic carbocycles. The summed E-state index contributed by atoms with van der Waals surface area (Å²) >= 11 is 0. The normalized spacial score (nSPS) is 24.4. The topological polar surface area (TPSA) is 50.6 Å². The molecule has 0 aliphatic carbocycles. The number of hydrogen-bond acceptors (Lipinski definition) is 4. The highest BCUT2D eigenvalue weighted by Crippen LogP contribution is 2.26. The van der Waals surface area contributed by atoms with Crippen LogP contribution < -0.4 is 0 Å². The Balaban J connectivity index is 1.48. The molecule has 4 rings (SSSR count). The molecule has 1 amide bonds. The number of morpholine rings is 1. The fourth-order valence-electron chi connectivity index (χ4n) is 3.64. The number of likely N-dealkylation sites (tertiary alicyclic amines) is 1. The Morgan fingerprint density at radius 3 is 2.75 bits per heavy atom. The molecular formula is C18H22N4O2. The van der Waals surface area contributed by atoms with Crippen LogP contribution in [0.1, 0.15) is 11.3 Å². The SMILES string of the molecule is Cn1nccc1CN1C[C@@H]2[C@@H](C1)OCC(=O)N2Cc1ccccc1. The van der Waals surface area contributed by atoms with Crippen LogP contribution in [0.15, 0.2) is 42.6 Å². The predicted octanol–water partition coefficient (Wildman–Crippen LogP) is 1.03. The highest BCUT2D eigenvalue weighted by atomic mass is 16.5. The number of nitrogens with zero attached hydrogens (tertiary/aromatic N) is 4. The molecule has 0 bridgehead atoms. The summed E-state index contributed by atoms with van der Waals surface area (Å²) < 4.78 is 7.70. The monoisotopic (exact) mass is 326 g/mol. The second-order valence-corrected chi connectivity index (χ2v) is 6.56. The molecule has 2 fully saturated rings. The molecular weight excluding hydrogens is 304 g/mol. The van der Waals surface area contributed by atoms with Crippen molar-refractivity contribution in [3.05, 3.63) is 53.9 Å². The molecule has 2 aromatic rings. The molecule has 3 heterocycles. The van der Waals surface area contributed by atoms with E-state index in [4.69, 9.17) is 4.74 Å².